The van der Waals surface area contributed by atoms with E-state index in [1.54, 1.807) is 0 Å². The summed E-state index contributed by atoms with van der Waals surface area (Å²) in [6.07, 6.45) is 2.15. The molecule has 0 nitrogen and oxygen atoms in total. The molecule has 0 fully saturated rings. The molecule has 0 aromatic heterocycles. The molecule has 0 aliphatic heterocycles. The Bertz CT molecular complexity index is 1480. The quantitative estimate of drug-likeness (QED) is 0.244. The Hall–Kier alpha value is -2.44. The van der Waals surface area contributed by atoms with Crippen LogP contribution in [0.2, 0.25) is 0 Å². The van der Waals surface area contributed by atoms with Gasteiger partial charge in [-0.05, 0) is 17.4 Å². The zero-order chi connectivity index (χ0) is 29.5. The van der Waals surface area contributed by atoms with Crippen molar-refractivity contribution in [3.05, 3.63) is 149 Å². The minimum absolute atomic E-state index is 0. The first-order valence-corrected chi connectivity index (χ1v) is 16.0. The Morgan fingerprint density at radius 3 is 1.88 bits per heavy atom. The van der Waals surface area contributed by atoms with Crippen molar-refractivity contribution >= 4 is 3.71 Å². The van der Waals surface area contributed by atoms with Crippen molar-refractivity contribution in [2.75, 3.05) is 0 Å². The molecular weight excluding hydrogens is 643 g/mol. The topological polar surface area (TPSA) is 0 Å². The first-order chi connectivity index (χ1) is 19.6. The molecule has 0 radical (unpaired) electrons. The summed E-state index contributed by atoms with van der Waals surface area (Å²) >= 11 is 1.51. The van der Waals surface area contributed by atoms with E-state index in [0.29, 0.717) is 0 Å². The molecule has 0 bridgehead atoms. The summed E-state index contributed by atoms with van der Waals surface area (Å²) in [6, 6.07) is 44.3. The molecule has 0 spiro atoms. The molecule has 0 atom stereocenters. The molecule has 0 unspecified atom stereocenters. The Morgan fingerprint density at radius 1 is 0.721 bits per heavy atom. The molecule has 3 heteroatoms. The number of halogens is 2. The molecule has 0 saturated heterocycles. The van der Waals surface area contributed by atoms with Gasteiger partial charge in [0, 0.05) is 0 Å². The maximum atomic E-state index is 3.53. The van der Waals surface area contributed by atoms with Gasteiger partial charge in [-0.3, -0.25) is 0 Å². The molecule has 43 heavy (non-hydrogen) atoms. The van der Waals surface area contributed by atoms with Gasteiger partial charge in [0.25, 0.3) is 0 Å². The van der Waals surface area contributed by atoms with Crippen molar-refractivity contribution in [1.82, 2.24) is 0 Å². The molecule has 0 saturated carbocycles. The molecule has 6 rings (SSSR count). The number of hydrogen-bond acceptors (Lipinski definition) is 0. The number of hydrogen-bond donors (Lipinski definition) is 0. The Kier molecular flexibility index (Phi) is 14.2. The average molecular weight is 685 g/mol. The third kappa shape index (κ3) is 10.3. The maximum Gasteiger partial charge on any atom is -0.0623 e. The van der Waals surface area contributed by atoms with Gasteiger partial charge in [0.05, 0.1) is 0 Å². The van der Waals surface area contributed by atoms with Crippen LogP contribution in [-0.4, -0.2) is 3.71 Å². The Labute approximate surface area is 287 Å². The average Bonchev–Trinajstić information content (AvgIpc) is 3.62. The summed E-state index contributed by atoms with van der Waals surface area (Å²) in [5, 5.41) is 0. The molecule has 222 valence electrons. The van der Waals surface area contributed by atoms with E-state index in [1.807, 2.05) is 12.1 Å². The molecule has 1 aliphatic rings. The molecule has 5 aromatic carbocycles. The fraction of sp³-hybridized carbons (Fsp3) is 0.250. The smallest absolute Gasteiger partial charge is 0.0623 e. The standard InChI is InChI=1S/C21H25.C11H9.C8H8.2ClH.Zr/c1-20(2,3)16-9-7-14-11-15-8-10-17(21(4,5)6)13-19(15)18(14)12-16;1-2-6-10(7-3-1)11-8-4-5-9-11;1-2-8-6-4-3-5-7-8;;;/h7,9-10,12-13H,11H2,1-6H3;1-9H;1,3-7H,2H2;2*1H;/q2*-1;;;;+2/p-2. The van der Waals surface area contributed by atoms with Crippen molar-refractivity contribution in [3.63, 3.8) is 0 Å². The summed E-state index contributed by atoms with van der Waals surface area (Å²) in [6.45, 7) is 13.6. The van der Waals surface area contributed by atoms with Gasteiger partial charge in [-0.15, -0.1) is 5.56 Å². The van der Waals surface area contributed by atoms with Crippen molar-refractivity contribution in [2.45, 2.75) is 65.2 Å². The fourth-order valence-electron chi connectivity index (χ4n) is 4.91. The van der Waals surface area contributed by atoms with Gasteiger partial charge in [0.2, 0.25) is 0 Å². The van der Waals surface area contributed by atoms with Crippen LogP contribution in [0, 0.1) is 6.07 Å². The van der Waals surface area contributed by atoms with Gasteiger partial charge in [-0.1, -0.05) is 112 Å². The van der Waals surface area contributed by atoms with Crippen LogP contribution in [0.15, 0.2) is 115 Å². The van der Waals surface area contributed by atoms with Gasteiger partial charge in [0.1, 0.15) is 0 Å². The molecule has 5 aromatic rings. The first-order valence-electron chi connectivity index (χ1n) is 14.5. The Balaban J connectivity index is 0.000000247. The third-order valence-corrected chi connectivity index (χ3v) is 7.98. The molecule has 1 aliphatic carbocycles. The van der Waals surface area contributed by atoms with Crippen LogP contribution in [-0.2, 0) is 47.9 Å². The largest absolute Gasteiger partial charge is 0.206 e. The number of rotatable bonds is 3. The van der Waals surface area contributed by atoms with Crippen LogP contribution in [0.25, 0.3) is 22.3 Å². The van der Waals surface area contributed by atoms with Crippen LogP contribution in [0.1, 0.15) is 69.4 Å². The predicted octanol–water partition coefficient (Wildman–Crippen LogP) is 4.31. The van der Waals surface area contributed by atoms with Crippen molar-refractivity contribution in [1.29, 1.82) is 0 Å². The van der Waals surface area contributed by atoms with Crippen LogP contribution in [0.5, 0.6) is 0 Å². The van der Waals surface area contributed by atoms with Crippen LogP contribution >= 0.6 is 0 Å². The van der Waals surface area contributed by atoms with E-state index in [1.165, 1.54) is 74.3 Å². The molecule has 0 amide bonds. The summed E-state index contributed by atoms with van der Waals surface area (Å²) in [7, 11) is 0. The van der Waals surface area contributed by atoms with E-state index in [9.17, 15) is 0 Å². The summed E-state index contributed by atoms with van der Waals surface area (Å²) in [5.74, 6) is 0. The van der Waals surface area contributed by atoms with E-state index in [-0.39, 0.29) is 35.6 Å². The second-order valence-corrected chi connectivity index (χ2v) is 13.8. The zero-order valence-corrected chi connectivity index (χ0v) is 30.2. The summed E-state index contributed by atoms with van der Waals surface area (Å²) in [4.78, 5) is 0. The summed E-state index contributed by atoms with van der Waals surface area (Å²) < 4.78 is 2.25. The normalized spacial score (nSPS) is 11.3. The van der Waals surface area contributed by atoms with E-state index >= 15 is 0 Å². The van der Waals surface area contributed by atoms with Gasteiger partial charge < -0.3 is 24.8 Å². The molecule has 0 heterocycles. The predicted molar refractivity (Wildman–Crippen MR) is 175 cm³/mol. The summed E-state index contributed by atoms with van der Waals surface area (Å²) in [5.41, 5.74) is 12.8. The van der Waals surface area contributed by atoms with Crippen molar-refractivity contribution < 1.29 is 49.0 Å². The van der Waals surface area contributed by atoms with Crippen LogP contribution < -0.4 is 24.8 Å². The van der Waals surface area contributed by atoms with Gasteiger partial charge in [-0.25, -0.2) is 6.07 Å². The second-order valence-electron chi connectivity index (χ2n) is 12.8. The van der Waals surface area contributed by atoms with Crippen molar-refractivity contribution in [2.24, 2.45) is 0 Å². The minimum Gasteiger partial charge on any atom is -0.206 e. The number of fused-ring (bicyclic) bond motifs is 3. The maximum absolute atomic E-state index is 3.53. The fourth-order valence-corrected chi connectivity index (χ4v) is 5.49. The van der Waals surface area contributed by atoms with E-state index < -0.39 is 0 Å². The second kappa shape index (κ2) is 16.6. The van der Waals surface area contributed by atoms with E-state index in [2.05, 4.69) is 154 Å². The van der Waals surface area contributed by atoms with Gasteiger partial charge in [0.15, 0.2) is 0 Å². The molecular formula is C40H42Cl2Zr-2. The van der Waals surface area contributed by atoms with Gasteiger partial charge >= 0.3 is 70.3 Å². The van der Waals surface area contributed by atoms with Crippen LogP contribution in [0.4, 0.5) is 0 Å². The Morgan fingerprint density at radius 2 is 1.33 bits per heavy atom. The number of benzene rings is 4. The SMILES string of the molecule is CC(C)(C)c1c[c-]c2c(c1)-c1cc(C(C)(C)C)ccc1C2.[Cl-].[Cl-].[Zr+2]=[CH]Cc1ccccc1.c1ccc(-c2cc[cH-]c2)cc1. The third-order valence-electron chi connectivity index (χ3n) is 7.48. The zero-order valence-electron chi connectivity index (χ0n) is 26.2. The molecule has 0 N–H and O–H groups in total. The minimum atomic E-state index is 0. The monoisotopic (exact) mass is 682 g/mol. The van der Waals surface area contributed by atoms with Gasteiger partial charge in [-0.2, -0.15) is 53.1 Å². The van der Waals surface area contributed by atoms with E-state index in [0.717, 1.165) is 12.8 Å². The van der Waals surface area contributed by atoms with E-state index in [4.69, 9.17) is 0 Å². The van der Waals surface area contributed by atoms with Crippen LogP contribution in [0.3, 0.4) is 0 Å². The first kappa shape index (κ1) is 36.8. The van der Waals surface area contributed by atoms with Crippen molar-refractivity contribution in [3.8, 4) is 22.3 Å².